The Labute approximate surface area is 112 Å². The van der Waals surface area contributed by atoms with Crippen LogP contribution in [0.3, 0.4) is 0 Å². The Morgan fingerprint density at radius 3 is 2.56 bits per heavy atom. The predicted octanol–water partition coefficient (Wildman–Crippen LogP) is 3.43. The van der Waals surface area contributed by atoms with Gasteiger partial charge in [0.05, 0.1) is 6.61 Å². The van der Waals surface area contributed by atoms with Crippen LogP contribution in [0.1, 0.15) is 36.8 Å². The zero-order chi connectivity index (χ0) is 12.8. The number of aliphatic hydroxyl groups excluding tert-OH is 1. The summed E-state index contributed by atoms with van der Waals surface area (Å²) in [5, 5.41) is 19.5. The monoisotopic (exact) mass is 262 g/mol. The summed E-state index contributed by atoms with van der Waals surface area (Å²) in [6.45, 7) is 2.28. The molecule has 1 aromatic carbocycles. The molecule has 0 saturated heterocycles. The highest BCUT2D eigenvalue weighted by Gasteiger charge is 2.06. The van der Waals surface area contributed by atoms with Crippen LogP contribution in [0.25, 0.3) is 10.6 Å². The predicted molar refractivity (Wildman–Crippen MR) is 74.5 cm³/mol. The number of aromatic nitrogens is 2. The molecule has 18 heavy (non-hydrogen) atoms. The fourth-order valence-electron chi connectivity index (χ4n) is 1.75. The summed E-state index contributed by atoms with van der Waals surface area (Å²) < 4.78 is 0. The zero-order valence-electron chi connectivity index (χ0n) is 10.6. The van der Waals surface area contributed by atoms with Gasteiger partial charge >= 0.3 is 0 Å². The molecular weight excluding hydrogens is 244 g/mol. The van der Waals surface area contributed by atoms with E-state index in [4.69, 9.17) is 5.11 Å². The van der Waals surface area contributed by atoms with E-state index in [2.05, 4.69) is 17.1 Å². The van der Waals surface area contributed by atoms with Crippen molar-refractivity contribution >= 4 is 11.3 Å². The Hall–Kier alpha value is -1.26. The lowest BCUT2D eigenvalue weighted by Crippen LogP contribution is -1.83. The average Bonchev–Trinajstić information content (AvgIpc) is 2.88. The molecule has 2 rings (SSSR count). The SMILES string of the molecule is CCCCCc1nnc(-c2ccc(CO)cc2)s1. The van der Waals surface area contributed by atoms with E-state index in [9.17, 15) is 0 Å². The van der Waals surface area contributed by atoms with Crippen molar-refractivity contribution < 1.29 is 5.11 Å². The molecule has 0 amide bonds. The Balaban J connectivity index is 2.04. The molecule has 0 atom stereocenters. The largest absolute Gasteiger partial charge is 0.392 e. The van der Waals surface area contributed by atoms with Gasteiger partial charge in [-0.2, -0.15) is 0 Å². The molecule has 0 bridgehead atoms. The Morgan fingerprint density at radius 1 is 1.11 bits per heavy atom. The minimum atomic E-state index is 0.0820. The van der Waals surface area contributed by atoms with Gasteiger partial charge < -0.3 is 5.11 Å². The maximum atomic E-state index is 9.00. The molecule has 0 fully saturated rings. The van der Waals surface area contributed by atoms with Gasteiger partial charge in [-0.05, 0) is 12.0 Å². The van der Waals surface area contributed by atoms with E-state index in [1.54, 1.807) is 11.3 Å². The summed E-state index contributed by atoms with van der Waals surface area (Å²) in [4.78, 5) is 0. The lowest BCUT2D eigenvalue weighted by atomic mass is 10.1. The first-order valence-corrected chi connectivity index (χ1v) is 7.17. The molecule has 0 aliphatic heterocycles. The molecule has 0 unspecified atom stereocenters. The van der Waals surface area contributed by atoms with Crippen LogP contribution in [0.5, 0.6) is 0 Å². The third-order valence-corrected chi connectivity index (χ3v) is 3.88. The molecule has 0 saturated carbocycles. The fourth-order valence-corrected chi connectivity index (χ4v) is 2.64. The third kappa shape index (κ3) is 3.37. The normalized spacial score (nSPS) is 10.8. The summed E-state index contributed by atoms with van der Waals surface area (Å²) in [6, 6.07) is 7.82. The van der Waals surface area contributed by atoms with Crippen LogP contribution in [0, 0.1) is 0 Å². The van der Waals surface area contributed by atoms with Crippen LogP contribution in [0.2, 0.25) is 0 Å². The molecule has 0 spiro atoms. The third-order valence-electron chi connectivity index (χ3n) is 2.84. The lowest BCUT2D eigenvalue weighted by molar-refractivity contribution is 0.282. The van der Waals surface area contributed by atoms with Crippen molar-refractivity contribution in [3.05, 3.63) is 34.8 Å². The van der Waals surface area contributed by atoms with Crippen molar-refractivity contribution in [1.82, 2.24) is 10.2 Å². The van der Waals surface area contributed by atoms with Crippen molar-refractivity contribution in [2.24, 2.45) is 0 Å². The van der Waals surface area contributed by atoms with E-state index < -0.39 is 0 Å². The van der Waals surface area contributed by atoms with Crippen LogP contribution >= 0.6 is 11.3 Å². The number of nitrogens with zero attached hydrogens (tertiary/aromatic N) is 2. The highest BCUT2D eigenvalue weighted by atomic mass is 32.1. The number of aryl methyl sites for hydroxylation is 1. The van der Waals surface area contributed by atoms with Gasteiger partial charge in [-0.1, -0.05) is 55.4 Å². The lowest BCUT2D eigenvalue weighted by Gasteiger charge is -1.97. The zero-order valence-corrected chi connectivity index (χ0v) is 11.4. The molecule has 4 heteroatoms. The second-order valence-corrected chi connectivity index (χ2v) is 5.38. The first-order valence-electron chi connectivity index (χ1n) is 6.36. The number of rotatable bonds is 6. The molecule has 1 aromatic heterocycles. The van der Waals surface area contributed by atoms with Gasteiger partial charge in [0.2, 0.25) is 0 Å². The van der Waals surface area contributed by atoms with Crippen LogP contribution in [-0.2, 0) is 13.0 Å². The Bertz CT molecular complexity index is 479. The van der Waals surface area contributed by atoms with Gasteiger partial charge in [0.25, 0.3) is 0 Å². The summed E-state index contributed by atoms with van der Waals surface area (Å²) in [6.07, 6.45) is 4.70. The number of benzene rings is 1. The number of hydrogen-bond acceptors (Lipinski definition) is 4. The molecule has 0 aliphatic carbocycles. The average molecular weight is 262 g/mol. The quantitative estimate of drug-likeness (QED) is 0.811. The van der Waals surface area contributed by atoms with E-state index in [0.717, 1.165) is 27.6 Å². The van der Waals surface area contributed by atoms with Gasteiger partial charge in [0.1, 0.15) is 10.0 Å². The van der Waals surface area contributed by atoms with Crippen LogP contribution in [-0.4, -0.2) is 15.3 Å². The van der Waals surface area contributed by atoms with Crippen molar-refractivity contribution in [1.29, 1.82) is 0 Å². The highest BCUT2D eigenvalue weighted by molar-refractivity contribution is 7.14. The topological polar surface area (TPSA) is 46.0 Å². The van der Waals surface area contributed by atoms with Crippen LogP contribution in [0.4, 0.5) is 0 Å². The summed E-state index contributed by atoms with van der Waals surface area (Å²) in [7, 11) is 0. The second kappa shape index (κ2) is 6.61. The molecule has 3 nitrogen and oxygen atoms in total. The van der Waals surface area contributed by atoms with Crippen molar-refractivity contribution in [2.75, 3.05) is 0 Å². The minimum Gasteiger partial charge on any atom is -0.392 e. The maximum Gasteiger partial charge on any atom is 0.147 e. The van der Waals surface area contributed by atoms with Crippen LogP contribution < -0.4 is 0 Å². The van der Waals surface area contributed by atoms with E-state index in [1.807, 2.05) is 24.3 Å². The molecule has 96 valence electrons. The van der Waals surface area contributed by atoms with E-state index in [1.165, 1.54) is 19.3 Å². The molecular formula is C14H18N2OS. The smallest absolute Gasteiger partial charge is 0.147 e. The standard InChI is InChI=1S/C14H18N2OS/c1-2-3-4-5-13-15-16-14(18-13)12-8-6-11(10-17)7-9-12/h6-9,17H,2-5,10H2,1H3. The first kappa shape index (κ1) is 13.2. The summed E-state index contributed by atoms with van der Waals surface area (Å²) in [5.74, 6) is 0. The van der Waals surface area contributed by atoms with Gasteiger partial charge in [-0.25, -0.2) is 0 Å². The summed E-state index contributed by atoms with van der Waals surface area (Å²) in [5.41, 5.74) is 2.00. The highest BCUT2D eigenvalue weighted by Crippen LogP contribution is 2.24. The number of hydrogen-bond donors (Lipinski definition) is 1. The van der Waals surface area contributed by atoms with Gasteiger partial charge in [-0.3, -0.25) is 0 Å². The van der Waals surface area contributed by atoms with Gasteiger partial charge in [-0.15, -0.1) is 10.2 Å². The van der Waals surface area contributed by atoms with Crippen molar-refractivity contribution in [3.8, 4) is 10.6 Å². The van der Waals surface area contributed by atoms with E-state index >= 15 is 0 Å². The molecule has 1 N–H and O–H groups in total. The van der Waals surface area contributed by atoms with Crippen LogP contribution in [0.15, 0.2) is 24.3 Å². The Morgan fingerprint density at radius 2 is 1.89 bits per heavy atom. The Kier molecular flexibility index (Phi) is 4.84. The first-order chi connectivity index (χ1) is 8.83. The van der Waals surface area contributed by atoms with Crippen molar-refractivity contribution in [2.45, 2.75) is 39.2 Å². The second-order valence-electron chi connectivity index (χ2n) is 4.31. The number of aliphatic hydroxyl groups is 1. The summed E-state index contributed by atoms with van der Waals surface area (Å²) >= 11 is 1.67. The fraction of sp³-hybridized carbons (Fsp3) is 0.429. The molecule has 1 heterocycles. The van der Waals surface area contributed by atoms with Gasteiger partial charge in [0, 0.05) is 12.0 Å². The maximum absolute atomic E-state index is 9.00. The van der Waals surface area contributed by atoms with Gasteiger partial charge in [0.15, 0.2) is 0 Å². The van der Waals surface area contributed by atoms with Crippen molar-refractivity contribution in [3.63, 3.8) is 0 Å². The molecule has 0 aliphatic rings. The van der Waals surface area contributed by atoms with E-state index in [-0.39, 0.29) is 6.61 Å². The number of unbranched alkanes of at least 4 members (excludes halogenated alkanes) is 2. The van der Waals surface area contributed by atoms with E-state index in [0.29, 0.717) is 0 Å². The molecule has 2 aromatic rings. The minimum absolute atomic E-state index is 0.0820. The molecule has 0 radical (unpaired) electrons.